The fourth-order valence-corrected chi connectivity index (χ4v) is 1.66. The van der Waals surface area contributed by atoms with E-state index < -0.39 is 5.91 Å². The fraction of sp³-hybridized carbons (Fsp3) is 0.778. The van der Waals surface area contributed by atoms with E-state index >= 15 is 0 Å². The Hall–Kier alpha value is -1.26. The largest absolute Gasteiger partial charge is 0.368 e. The standard InChI is InChI=1S/C9H17N3O2/c1-12(6-8(10)13)9(14)11-7-4-2-3-5-7/h7H,2-6H2,1H3,(H2,10,13)(H,11,14). The van der Waals surface area contributed by atoms with E-state index in [1.165, 1.54) is 17.7 Å². The summed E-state index contributed by atoms with van der Waals surface area (Å²) < 4.78 is 0. The van der Waals surface area contributed by atoms with Crippen LogP contribution in [-0.2, 0) is 4.79 Å². The highest BCUT2D eigenvalue weighted by Gasteiger charge is 2.19. The Morgan fingerprint density at radius 3 is 2.50 bits per heavy atom. The summed E-state index contributed by atoms with van der Waals surface area (Å²) in [5.41, 5.74) is 4.98. The molecule has 1 aliphatic carbocycles. The number of nitrogens with two attached hydrogens (primary N) is 1. The summed E-state index contributed by atoms with van der Waals surface area (Å²) in [5, 5.41) is 2.86. The van der Waals surface area contributed by atoms with Gasteiger partial charge >= 0.3 is 6.03 Å². The number of hydrogen-bond acceptors (Lipinski definition) is 2. The molecule has 80 valence electrons. The Kier molecular flexibility index (Phi) is 3.73. The van der Waals surface area contributed by atoms with Gasteiger partial charge in [0.25, 0.3) is 0 Å². The molecule has 0 radical (unpaired) electrons. The zero-order valence-corrected chi connectivity index (χ0v) is 8.45. The monoisotopic (exact) mass is 199 g/mol. The number of nitrogens with zero attached hydrogens (tertiary/aromatic N) is 1. The number of likely N-dealkylation sites (N-methyl/N-ethyl adjacent to an activating group) is 1. The van der Waals surface area contributed by atoms with Crippen LogP contribution in [0.5, 0.6) is 0 Å². The molecule has 0 saturated heterocycles. The molecule has 0 aromatic heterocycles. The molecule has 5 heteroatoms. The molecule has 0 spiro atoms. The van der Waals surface area contributed by atoms with E-state index in [1.54, 1.807) is 7.05 Å². The third-order valence-electron chi connectivity index (χ3n) is 2.42. The number of carbonyl (C=O) groups is 2. The van der Waals surface area contributed by atoms with Crippen LogP contribution >= 0.6 is 0 Å². The zero-order chi connectivity index (χ0) is 10.6. The molecular formula is C9H17N3O2. The van der Waals surface area contributed by atoms with Crippen molar-refractivity contribution in [2.24, 2.45) is 5.73 Å². The minimum atomic E-state index is -0.492. The summed E-state index contributed by atoms with van der Waals surface area (Å²) in [6, 6.07) is 0.0635. The zero-order valence-electron chi connectivity index (χ0n) is 8.45. The van der Waals surface area contributed by atoms with Crippen molar-refractivity contribution in [3.8, 4) is 0 Å². The number of carbonyl (C=O) groups excluding carboxylic acids is 2. The molecule has 1 aliphatic rings. The van der Waals surface area contributed by atoms with E-state index in [4.69, 9.17) is 5.73 Å². The molecule has 1 fully saturated rings. The number of amides is 3. The second kappa shape index (κ2) is 4.83. The van der Waals surface area contributed by atoms with E-state index in [-0.39, 0.29) is 18.6 Å². The molecular weight excluding hydrogens is 182 g/mol. The van der Waals surface area contributed by atoms with Crippen molar-refractivity contribution < 1.29 is 9.59 Å². The second-order valence-corrected chi connectivity index (χ2v) is 3.75. The Morgan fingerprint density at radius 1 is 1.43 bits per heavy atom. The van der Waals surface area contributed by atoms with Crippen molar-refractivity contribution >= 4 is 11.9 Å². The van der Waals surface area contributed by atoms with Gasteiger partial charge in [0.2, 0.25) is 5.91 Å². The van der Waals surface area contributed by atoms with Crippen molar-refractivity contribution in [3.05, 3.63) is 0 Å². The second-order valence-electron chi connectivity index (χ2n) is 3.75. The number of hydrogen-bond donors (Lipinski definition) is 2. The molecule has 3 N–H and O–H groups in total. The lowest BCUT2D eigenvalue weighted by atomic mass is 10.2. The van der Waals surface area contributed by atoms with Gasteiger partial charge in [-0.3, -0.25) is 4.79 Å². The number of nitrogens with one attached hydrogen (secondary N) is 1. The van der Waals surface area contributed by atoms with Crippen LogP contribution in [0.15, 0.2) is 0 Å². The number of urea groups is 1. The molecule has 0 unspecified atom stereocenters. The van der Waals surface area contributed by atoms with Gasteiger partial charge in [-0.15, -0.1) is 0 Å². The molecule has 0 aromatic carbocycles. The van der Waals surface area contributed by atoms with Crippen molar-refractivity contribution in [2.75, 3.05) is 13.6 Å². The van der Waals surface area contributed by atoms with Gasteiger partial charge in [0, 0.05) is 13.1 Å². The maximum Gasteiger partial charge on any atom is 0.317 e. The molecule has 0 aromatic rings. The summed E-state index contributed by atoms with van der Waals surface area (Å²) in [4.78, 5) is 23.3. The van der Waals surface area contributed by atoms with Crippen molar-refractivity contribution in [1.82, 2.24) is 10.2 Å². The first-order chi connectivity index (χ1) is 6.59. The summed E-state index contributed by atoms with van der Waals surface area (Å²) in [6.45, 7) is -0.0292. The van der Waals surface area contributed by atoms with Crippen LogP contribution < -0.4 is 11.1 Å². The Labute approximate surface area is 83.6 Å². The Morgan fingerprint density at radius 2 is 2.00 bits per heavy atom. The van der Waals surface area contributed by atoms with Gasteiger partial charge in [0.05, 0.1) is 0 Å². The molecule has 0 atom stereocenters. The highest BCUT2D eigenvalue weighted by molar-refractivity contribution is 5.82. The Balaban J connectivity index is 2.29. The first kappa shape index (κ1) is 10.8. The molecule has 0 bridgehead atoms. The van der Waals surface area contributed by atoms with Crippen LogP contribution in [0.4, 0.5) is 4.79 Å². The first-order valence-electron chi connectivity index (χ1n) is 4.89. The van der Waals surface area contributed by atoms with E-state index in [1.807, 2.05) is 0 Å². The molecule has 0 aliphatic heterocycles. The third-order valence-corrected chi connectivity index (χ3v) is 2.42. The minimum absolute atomic E-state index is 0.0292. The van der Waals surface area contributed by atoms with Crippen LogP contribution in [0.1, 0.15) is 25.7 Å². The van der Waals surface area contributed by atoms with E-state index in [0.29, 0.717) is 0 Å². The first-order valence-corrected chi connectivity index (χ1v) is 4.89. The third kappa shape index (κ3) is 3.24. The topological polar surface area (TPSA) is 75.4 Å². The van der Waals surface area contributed by atoms with Gasteiger partial charge < -0.3 is 16.0 Å². The van der Waals surface area contributed by atoms with Crippen LogP contribution in [0.2, 0.25) is 0 Å². The molecule has 14 heavy (non-hydrogen) atoms. The van der Waals surface area contributed by atoms with E-state index in [2.05, 4.69) is 5.32 Å². The molecule has 1 rings (SSSR count). The maximum absolute atomic E-state index is 11.4. The van der Waals surface area contributed by atoms with E-state index in [0.717, 1.165) is 12.8 Å². The van der Waals surface area contributed by atoms with Crippen LogP contribution in [-0.4, -0.2) is 36.5 Å². The van der Waals surface area contributed by atoms with Gasteiger partial charge in [0.1, 0.15) is 6.54 Å². The number of primary amides is 1. The predicted octanol–water partition coefficient (Wildman–Crippen LogP) is 0.0557. The van der Waals surface area contributed by atoms with Crippen molar-refractivity contribution in [2.45, 2.75) is 31.7 Å². The summed E-state index contributed by atoms with van der Waals surface area (Å²) in [5.74, 6) is -0.492. The fourth-order valence-electron chi connectivity index (χ4n) is 1.66. The Bertz CT molecular complexity index is 224. The van der Waals surface area contributed by atoms with Crippen molar-refractivity contribution in [3.63, 3.8) is 0 Å². The van der Waals surface area contributed by atoms with Crippen LogP contribution in [0.25, 0.3) is 0 Å². The maximum atomic E-state index is 11.4. The summed E-state index contributed by atoms with van der Waals surface area (Å²) in [7, 11) is 1.56. The van der Waals surface area contributed by atoms with Gasteiger partial charge in [-0.05, 0) is 12.8 Å². The highest BCUT2D eigenvalue weighted by atomic mass is 16.2. The molecule has 3 amide bonds. The SMILES string of the molecule is CN(CC(N)=O)C(=O)NC1CCCC1. The average molecular weight is 199 g/mol. The van der Waals surface area contributed by atoms with Crippen LogP contribution in [0, 0.1) is 0 Å². The lowest BCUT2D eigenvalue weighted by Crippen LogP contribution is -2.45. The van der Waals surface area contributed by atoms with Crippen molar-refractivity contribution in [1.29, 1.82) is 0 Å². The van der Waals surface area contributed by atoms with Gasteiger partial charge in [0.15, 0.2) is 0 Å². The lowest BCUT2D eigenvalue weighted by molar-refractivity contribution is -0.118. The summed E-state index contributed by atoms with van der Waals surface area (Å²) in [6.07, 6.45) is 4.42. The van der Waals surface area contributed by atoms with Crippen LogP contribution in [0.3, 0.4) is 0 Å². The molecule has 0 heterocycles. The number of rotatable bonds is 3. The molecule has 5 nitrogen and oxygen atoms in total. The normalized spacial score (nSPS) is 16.6. The molecule has 1 saturated carbocycles. The quantitative estimate of drug-likeness (QED) is 0.674. The van der Waals surface area contributed by atoms with Gasteiger partial charge in [-0.2, -0.15) is 0 Å². The van der Waals surface area contributed by atoms with Gasteiger partial charge in [-0.25, -0.2) is 4.79 Å². The van der Waals surface area contributed by atoms with Gasteiger partial charge in [-0.1, -0.05) is 12.8 Å². The predicted molar refractivity (Wildman–Crippen MR) is 52.6 cm³/mol. The highest BCUT2D eigenvalue weighted by Crippen LogP contribution is 2.17. The lowest BCUT2D eigenvalue weighted by Gasteiger charge is -2.19. The average Bonchev–Trinajstić information content (AvgIpc) is 2.55. The smallest absolute Gasteiger partial charge is 0.317 e. The summed E-state index contributed by atoms with van der Waals surface area (Å²) >= 11 is 0. The van der Waals surface area contributed by atoms with E-state index in [9.17, 15) is 9.59 Å². The minimum Gasteiger partial charge on any atom is -0.368 e.